The van der Waals surface area contributed by atoms with Crippen molar-refractivity contribution in [3.05, 3.63) is 47.5 Å². The molecule has 0 aromatic heterocycles. The maximum atomic E-state index is 12.0. The molecule has 0 aliphatic carbocycles. The number of methoxy groups -OCH3 is 1. The molecule has 32 heavy (non-hydrogen) atoms. The van der Waals surface area contributed by atoms with Crippen molar-refractivity contribution in [2.75, 3.05) is 50.5 Å². The summed E-state index contributed by atoms with van der Waals surface area (Å²) < 4.78 is 11.2. The van der Waals surface area contributed by atoms with Crippen molar-refractivity contribution >= 4 is 40.3 Å². The lowest BCUT2D eigenvalue weighted by molar-refractivity contribution is -0.111. The number of carbonyl (C=O) groups is 1. The van der Waals surface area contributed by atoms with E-state index in [1.807, 2.05) is 0 Å². The fourth-order valence-electron chi connectivity index (χ4n) is 3.48. The van der Waals surface area contributed by atoms with Crippen LogP contribution in [0.4, 0.5) is 11.4 Å². The van der Waals surface area contributed by atoms with Crippen molar-refractivity contribution in [1.29, 1.82) is 10.8 Å². The van der Waals surface area contributed by atoms with Gasteiger partial charge >= 0.3 is 0 Å². The second kappa shape index (κ2) is 11.0. The van der Waals surface area contributed by atoms with Crippen LogP contribution in [0, 0.1) is 10.8 Å². The van der Waals surface area contributed by atoms with E-state index in [4.69, 9.17) is 37.6 Å². The molecule has 2 aromatic rings. The maximum Gasteiger partial charge on any atom is 0.278 e. The number of carbonyl (C=O) groups excluding carboxylic acids is 1. The number of hydrogen-bond donors (Lipinski definition) is 3. The van der Waals surface area contributed by atoms with Crippen LogP contribution in [0.15, 0.2) is 42.5 Å². The second-order valence-corrected chi connectivity index (χ2v) is 7.97. The average Bonchev–Trinajstić information content (AvgIpc) is 3.40. The van der Waals surface area contributed by atoms with Crippen molar-refractivity contribution in [1.82, 2.24) is 4.90 Å². The van der Waals surface area contributed by atoms with E-state index in [0.29, 0.717) is 23.8 Å². The number of rotatable bonds is 6. The summed E-state index contributed by atoms with van der Waals surface area (Å²) in [5.74, 6) is 0.730. The third-order valence-corrected chi connectivity index (χ3v) is 5.52. The minimum atomic E-state index is -0.454. The van der Waals surface area contributed by atoms with Gasteiger partial charge in [-0.2, -0.15) is 0 Å². The van der Waals surface area contributed by atoms with Gasteiger partial charge in [-0.3, -0.25) is 15.1 Å². The molecule has 0 spiro atoms. The van der Waals surface area contributed by atoms with Gasteiger partial charge in [-0.1, -0.05) is 11.6 Å². The van der Waals surface area contributed by atoms with Crippen LogP contribution >= 0.6 is 11.6 Å². The summed E-state index contributed by atoms with van der Waals surface area (Å²) in [5, 5.41) is 15.9. The zero-order valence-corrected chi connectivity index (χ0v) is 18.8. The first kappa shape index (κ1) is 23.6. The molecular weight excluding hydrogens is 430 g/mol. The van der Waals surface area contributed by atoms with Crippen LogP contribution in [0.25, 0.3) is 0 Å². The zero-order valence-electron chi connectivity index (χ0n) is 18.1. The van der Waals surface area contributed by atoms with Crippen LogP contribution in [0.3, 0.4) is 0 Å². The van der Waals surface area contributed by atoms with E-state index < -0.39 is 5.91 Å². The first-order chi connectivity index (χ1) is 15.4. The fraction of sp³-hybridized carbons (Fsp3) is 0.348. The summed E-state index contributed by atoms with van der Waals surface area (Å²) in [6, 6.07) is 12.3. The van der Waals surface area contributed by atoms with Gasteiger partial charge < -0.3 is 25.5 Å². The van der Waals surface area contributed by atoms with Crippen LogP contribution in [0.5, 0.6) is 11.5 Å². The smallest absolute Gasteiger partial charge is 0.278 e. The lowest BCUT2D eigenvalue weighted by Crippen LogP contribution is -2.27. The highest BCUT2D eigenvalue weighted by atomic mass is 35.5. The second-order valence-electron chi connectivity index (χ2n) is 7.53. The first-order valence-electron chi connectivity index (χ1n) is 10.4. The molecular formula is C23H28ClN5O3. The van der Waals surface area contributed by atoms with Gasteiger partial charge in [0.2, 0.25) is 0 Å². The zero-order chi connectivity index (χ0) is 23.1. The number of nitrogens with two attached hydrogens (primary N) is 1. The van der Waals surface area contributed by atoms with Crippen molar-refractivity contribution in [2.24, 2.45) is 0 Å². The summed E-state index contributed by atoms with van der Waals surface area (Å²) in [7, 11) is 1.56. The van der Waals surface area contributed by atoms with E-state index in [1.54, 1.807) is 49.6 Å². The summed E-state index contributed by atoms with van der Waals surface area (Å²) >= 11 is 5.56. The van der Waals surface area contributed by atoms with Crippen LogP contribution in [0.1, 0.15) is 12.8 Å². The molecule has 2 saturated heterocycles. The van der Waals surface area contributed by atoms with Gasteiger partial charge in [0.05, 0.1) is 19.4 Å². The molecule has 2 aromatic carbocycles. The van der Waals surface area contributed by atoms with E-state index in [2.05, 4.69) is 4.90 Å². The molecule has 2 fully saturated rings. The van der Waals surface area contributed by atoms with Crippen LogP contribution in [-0.2, 0) is 4.79 Å². The normalized spacial score (nSPS) is 16.2. The Morgan fingerprint density at radius 1 is 1.06 bits per heavy atom. The Bertz CT molecular complexity index is 953. The lowest BCUT2D eigenvalue weighted by Gasteiger charge is -2.19. The molecule has 8 nitrogen and oxygen atoms in total. The maximum absolute atomic E-state index is 12.0. The Morgan fingerprint density at radius 2 is 1.75 bits per heavy atom. The molecule has 2 aliphatic rings. The molecule has 0 bridgehead atoms. The molecule has 9 heteroatoms. The number of nitrogen functional groups attached to an aromatic ring is 1. The van der Waals surface area contributed by atoms with Crippen LogP contribution in [-0.4, -0.2) is 62.1 Å². The number of halogens is 1. The number of nitrogens with one attached hydrogen (secondary N) is 2. The summed E-state index contributed by atoms with van der Waals surface area (Å²) in [4.78, 5) is 15.8. The fourth-order valence-corrected chi connectivity index (χ4v) is 3.60. The van der Waals surface area contributed by atoms with Crippen molar-refractivity contribution in [3.8, 4) is 11.5 Å². The highest BCUT2D eigenvalue weighted by molar-refractivity contribution is 6.72. The predicted molar refractivity (Wildman–Crippen MR) is 128 cm³/mol. The van der Waals surface area contributed by atoms with E-state index in [0.717, 1.165) is 30.3 Å². The van der Waals surface area contributed by atoms with Crippen LogP contribution in [0.2, 0.25) is 5.02 Å². The van der Waals surface area contributed by atoms with E-state index in [9.17, 15) is 4.79 Å². The molecule has 0 saturated carbocycles. The predicted octanol–water partition coefficient (Wildman–Crippen LogP) is 3.48. The molecule has 0 unspecified atom stereocenters. The lowest BCUT2D eigenvalue weighted by atomic mass is 10.2. The number of ether oxygens (including phenoxy) is 2. The number of benzene rings is 2. The Labute approximate surface area is 192 Å². The summed E-state index contributed by atoms with van der Waals surface area (Å²) in [6.07, 6.45) is 2.51. The monoisotopic (exact) mass is 457 g/mol. The number of amides is 1. The Morgan fingerprint density at radius 3 is 2.31 bits per heavy atom. The SMILES string of the molecule is COc1cc(N2CC(=N)C(=N)C2=O)ccc1OCCN1CCCC1.Nc1ccc(Cl)cc1. The number of likely N-dealkylation sites (tertiary alicyclic amines) is 1. The number of nitrogens with zero attached hydrogens (tertiary/aromatic N) is 2. The Kier molecular flexibility index (Phi) is 8.08. The molecule has 170 valence electrons. The third-order valence-electron chi connectivity index (χ3n) is 5.27. The summed E-state index contributed by atoms with van der Waals surface area (Å²) in [5.41, 5.74) is 6.50. The van der Waals surface area contributed by atoms with Crippen molar-refractivity contribution < 1.29 is 14.3 Å². The molecule has 2 heterocycles. The number of hydrogen-bond acceptors (Lipinski definition) is 7. The molecule has 0 atom stereocenters. The Hall–Kier alpha value is -3.10. The minimum absolute atomic E-state index is 0.0323. The molecule has 2 aliphatic heterocycles. The van der Waals surface area contributed by atoms with Crippen LogP contribution < -0.4 is 20.1 Å². The quantitative estimate of drug-likeness (QED) is 0.574. The van der Waals surface area contributed by atoms with Crippen molar-refractivity contribution in [2.45, 2.75) is 12.8 Å². The average molecular weight is 458 g/mol. The third kappa shape index (κ3) is 5.99. The number of anilines is 2. The van der Waals surface area contributed by atoms with Gasteiger partial charge in [0.1, 0.15) is 12.3 Å². The highest BCUT2D eigenvalue weighted by Crippen LogP contribution is 2.32. The topological polar surface area (TPSA) is 116 Å². The Balaban J connectivity index is 0.000000305. The van der Waals surface area contributed by atoms with E-state index in [-0.39, 0.29) is 18.0 Å². The standard InChI is InChI=1S/C17H22N4O3.C6H6ClN/c1-23-15-10-12(21-11-13(18)16(19)17(21)22)4-5-14(15)24-9-8-20-6-2-3-7-20;7-5-1-3-6(8)4-2-5/h4-5,10,18-19H,2-3,6-9,11H2,1H3;1-4H,8H2. The largest absolute Gasteiger partial charge is 0.493 e. The minimum Gasteiger partial charge on any atom is -0.493 e. The van der Waals surface area contributed by atoms with Gasteiger partial charge in [0.15, 0.2) is 11.5 Å². The van der Waals surface area contributed by atoms with Gasteiger partial charge in [-0.25, -0.2) is 0 Å². The molecule has 4 N–H and O–H groups in total. The van der Waals surface area contributed by atoms with E-state index in [1.165, 1.54) is 17.7 Å². The van der Waals surface area contributed by atoms with Gasteiger partial charge in [0, 0.05) is 29.0 Å². The van der Waals surface area contributed by atoms with Gasteiger partial charge in [-0.15, -0.1) is 0 Å². The summed E-state index contributed by atoms with van der Waals surface area (Å²) in [6.45, 7) is 3.87. The highest BCUT2D eigenvalue weighted by Gasteiger charge is 2.32. The first-order valence-corrected chi connectivity index (χ1v) is 10.8. The van der Waals surface area contributed by atoms with E-state index >= 15 is 0 Å². The molecule has 1 amide bonds. The molecule has 4 rings (SSSR count). The van der Waals surface area contributed by atoms with Crippen molar-refractivity contribution in [3.63, 3.8) is 0 Å². The molecule has 0 radical (unpaired) electrons. The van der Waals surface area contributed by atoms with Gasteiger partial charge in [-0.05, 0) is 62.3 Å². The van der Waals surface area contributed by atoms with Gasteiger partial charge in [0.25, 0.3) is 5.91 Å².